The topological polar surface area (TPSA) is 84.7 Å². The summed E-state index contributed by atoms with van der Waals surface area (Å²) in [6.45, 7) is 4.08. The fourth-order valence-corrected chi connectivity index (χ4v) is 3.06. The molecule has 0 atom stereocenters. The van der Waals surface area contributed by atoms with Crippen LogP contribution in [0.2, 0.25) is 0 Å². The minimum atomic E-state index is 0.0440. The summed E-state index contributed by atoms with van der Waals surface area (Å²) in [7, 11) is 0. The van der Waals surface area contributed by atoms with Crippen molar-refractivity contribution in [2.75, 3.05) is 19.6 Å². The fourth-order valence-electron chi connectivity index (χ4n) is 2.33. The molecule has 1 amide bonds. The lowest BCUT2D eigenvalue weighted by atomic mass is 10.1. The van der Waals surface area contributed by atoms with Gasteiger partial charge in [0, 0.05) is 41.4 Å². The smallest absolute Gasteiger partial charge is 0.250 e. The van der Waals surface area contributed by atoms with E-state index in [2.05, 4.69) is 11.9 Å². The Morgan fingerprint density at radius 1 is 1.43 bits per heavy atom. The van der Waals surface area contributed by atoms with Crippen LogP contribution in [0.1, 0.15) is 31.7 Å². The van der Waals surface area contributed by atoms with Crippen LogP contribution in [0.5, 0.6) is 0 Å². The molecule has 0 saturated carbocycles. The van der Waals surface area contributed by atoms with Crippen LogP contribution >= 0.6 is 11.3 Å². The molecule has 114 valence electrons. The summed E-state index contributed by atoms with van der Waals surface area (Å²) >= 11 is 1.56. The van der Waals surface area contributed by atoms with Gasteiger partial charge in [0.25, 0.3) is 0 Å². The molecular formula is C15H22N4OS. The Morgan fingerprint density at radius 2 is 2.24 bits per heavy atom. The van der Waals surface area contributed by atoms with Crippen molar-refractivity contribution >= 4 is 34.8 Å². The number of fused-ring (bicyclic) bond motifs is 1. The maximum Gasteiger partial charge on any atom is 0.250 e. The fraction of sp³-hybridized carbons (Fsp3) is 0.467. The van der Waals surface area contributed by atoms with E-state index >= 15 is 0 Å². The van der Waals surface area contributed by atoms with Crippen LogP contribution in [0.3, 0.4) is 0 Å². The molecule has 0 radical (unpaired) electrons. The number of amidine groups is 1. The van der Waals surface area contributed by atoms with Crippen LogP contribution in [-0.2, 0) is 4.79 Å². The van der Waals surface area contributed by atoms with Crippen molar-refractivity contribution in [3.8, 4) is 0 Å². The lowest BCUT2D eigenvalue weighted by molar-refractivity contribution is -0.127. The number of hydrogen-bond donors (Lipinski definition) is 2. The first-order chi connectivity index (χ1) is 10.2. The lowest BCUT2D eigenvalue weighted by Crippen LogP contribution is -2.35. The third-order valence-corrected chi connectivity index (χ3v) is 4.07. The van der Waals surface area contributed by atoms with Crippen LogP contribution in [0.15, 0.2) is 21.3 Å². The largest absolute Gasteiger partial charge is 0.387 e. The summed E-state index contributed by atoms with van der Waals surface area (Å²) in [5, 5.41) is 3.94. The Balaban J connectivity index is 2.23. The minimum absolute atomic E-state index is 0.0440. The van der Waals surface area contributed by atoms with Crippen molar-refractivity contribution in [1.29, 1.82) is 0 Å². The van der Waals surface area contributed by atoms with Crippen molar-refractivity contribution in [1.82, 2.24) is 4.90 Å². The second-order valence-corrected chi connectivity index (χ2v) is 5.84. The van der Waals surface area contributed by atoms with E-state index in [-0.39, 0.29) is 5.91 Å². The highest BCUT2D eigenvalue weighted by Crippen LogP contribution is 2.30. The number of rotatable bonds is 6. The van der Waals surface area contributed by atoms with E-state index in [1.807, 2.05) is 21.7 Å². The zero-order chi connectivity index (χ0) is 15.2. The molecule has 1 aliphatic rings. The van der Waals surface area contributed by atoms with Gasteiger partial charge in [-0.15, -0.1) is 11.3 Å². The monoisotopic (exact) mass is 306 g/mol. The number of carbonyl (C=O) groups is 1. The van der Waals surface area contributed by atoms with E-state index in [0.29, 0.717) is 30.9 Å². The zero-order valence-corrected chi connectivity index (χ0v) is 13.2. The molecule has 0 saturated heterocycles. The van der Waals surface area contributed by atoms with E-state index in [0.717, 1.165) is 30.6 Å². The average molecular weight is 306 g/mol. The van der Waals surface area contributed by atoms with Gasteiger partial charge in [-0.2, -0.15) is 0 Å². The summed E-state index contributed by atoms with van der Waals surface area (Å²) in [6, 6.07) is 0. The highest BCUT2D eigenvalue weighted by molar-refractivity contribution is 7.08. The summed E-state index contributed by atoms with van der Waals surface area (Å²) < 4.78 is 0. The average Bonchev–Trinajstić information content (AvgIpc) is 2.82. The number of hydrogen-bond acceptors (Lipinski definition) is 5. The second-order valence-electron chi connectivity index (χ2n) is 5.10. The third-order valence-electron chi connectivity index (χ3n) is 3.32. The molecule has 5 nitrogen and oxygen atoms in total. The Hall–Kier alpha value is -1.66. The summed E-state index contributed by atoms with van der Waals surface area (Å²) in [5.74, 6) is 0.532. The quantitative estimate of drug-likeness (QED) is 0.844. The molecule has 4 N–H and O–H groups in total. The Labute approximate surface area is 129 Å². The maximum atomic E-state index is 12.7. The number of nitrogens with two attached hydrogens (primary N) is 2. The number of nitrogens with zero attached hydrogens (tertiary/aromatic N) is 2. The lowest BCUT2D eigenvalue weighted by Gasteiger charge is -2.23. The molecule has 1 aromatic rings. The zero-order valence-electron chi connectivity index (χ0n) is 12.3. The van der Waals surface area contributed by atoms with Crippen molar-refractivity contribution in [2.24, 2.45) is 16.5 Å². The van der Waals surface area contributed by atoms with Gasteiger partial charge in [-0.05, 0) is 25.5 Å². The highest BCUT2D eigenvalue weighted by atomic mass is 32.1. The summed E-state index contributed by atoms with van der Waals surface area (Å²) in [5.41, 5.74) is 14.0. The Kier molecular flexibility index (Phi) is 5.52. The Morgan fingerprint density at radius 3 is 2.95 bits per heavy atom. The van der Waals surface area contributed by atoms with Crippen molar-refractivity contribution in [2.45, 2.75) is 26.2 Å². The van der Waals surface area contributed by atoms with E-state index in [9.17, 15) is 4.79 Å². The van der Waals surface area contributed by atoms with Crippen molar-refractivity contribution in [3.63, 3.8) is 0 Å². The normalized spacial score (nSPS) is 14.0. The van der Waals surface area contributed by atoms with Gasteiger partial charge in [0.15, 0.2) is 0 Å². The van der Waals surface area contributed by atoms with Gasteiger partial charge in [0.2, 0.25) is 5.91 Å². The van der Waals surface area contributed by atoms with Crippen LogP contribution in [0, 0.1) is 0 Å². The molecule has 0 aliphatic carbocycles. The van der Waals surface area contributed by atoms with Gasteiger partial charge < -0.3 is 16.4 Å². The first-order valence-electron chi connectivity index (χ1n) is 7.24. The molecule has 1 aromatic heterocycles. The van der Waals surface area contributed by atoms with Crippen molar-refractivity contribution < 1.29 is 4.79 Å². The first-order valence-corrected chi connectivity index (χ1v) is 8.19. The molecule has 6 heteroatoms. The van der Waals surface area contributed by atoms with Crippen LogP contribution in [0.25, 0.3) is 6.08 Å². The van der Waals surface area contributed by atoms with Crippen LogP contribution in [0.4, 0.5) is 5.69 Å². The second kappa shape index (κ2) is 7.38. The van der Waals surface area contributed by atoms with Gasteiger partial charge in [0.05, 0.1) is 5.69 Å². The van der Waals surface area contributed by atoms with Crippen LogP contribution in [-0.4, -0.2) is 36.3 Å². The van der Waals surface area contributed by atoms with Gasteiger partial charge >= 0.3 is 0 Å². The number of amides is 1. The molecule has 2 heterocycles. The number of thiophene rings is 1. The van der Waals surface area contributed by atoms with Gasteiger partial charge in [0.1, 0.15) is 5.84 Å². The number of aliphatic imine (C=N–C) groups is 1. The van der Waals surface area contributed by atoms with Crippen LogP contribution < -0.4 is 11.5 Å². The van der Waals surface area contributed by atoms with Gasteiger partial charge in [-0.3, -0.25) is 4.79 Å². The first kappa shape index (κ1) is 15.7. The van der Waals surface area contributed by atoms with E-state index < -0.39 is 0 Å². The molecule has 0 bridgehead atoms. The molecule has 0 aromatic carbocycles. The predicted octanol–water partition coefficient (Wildman–Crippen LogP) is 2.11. The Bertz CT molecular complexity index is 562. The molecule has 21 heavy (non-hydrogen) atoms. The summed E-state index contributed by atoms with van der Waals surface area (Å²) in [6.07, 6.45) is 4.06. The molecular weight excluding hydrogens is 284 g/mol. The maximum absolute atomic E-state index is 12.7. The third kappa shape index (κ3) is 3.92. The SMILES string of the molecule is CCCN(CCCN)C(=O)C1=Cc2cscc2N=C(N)C1. The number of carbonyl (C=O) groups excluding carboxylic acids is 1. The predicted molar refractivity (Wildman–Crippen MR) is 88.7 cm³/mol. The van der Waals surface area contributed by atoms with E-state index in [1.54, 1.807) is 11.3 Å². The standard InChI is InChI=1S/C15H22N4OS/c1-2-5-19(6-3-4-16)15(20)11-7-12-9-21-10-13(12)18-14(17)8-11/h7,9-10H,2-6,8,16H2,1H3,(H2,17,18). The van der Waals surface area contributed by atoms with E-state index in [4.69, 9.17) is 11.5 Å². The van der Waals surface area contributed by atoms with Gasteiger partial charge in [-0.25, -0.2) is 4.99 Å². The molecule has 1 aliphatic heterocycles. The van der Waals surface area contributed by atoms with Gasteiger partial charge in [-0.1, -0.05) is 6.92 Å². The summed E-state index contributed by atoms with van der Waals surface area (Å²) in [4.78, 5) is 19.0. The molecule has 0 unspecified atom stereocenters. The molecule has 2 rings (SSSR count). The highest BCUT2D eigenvalue weighted by Gasteiger charge is 2.21. The molecule has 0 spiro atoms. The minimum Gasteiger partial charge on any atom is -0.387 e. The molecule has 0 fully saturated rings. The van der Waals surface area contributed by atoms with E-state index in [1.165, 1.54) is 0 Å². The van der Waals surface area contributed by atoms with Crippen molar-refractivity contribution in [3.05, 3.63) is 21.9 Å².